The average Bonchev–Trinajstić information content (AvgIpc) is 2.45. The lowest BCUT2D eigenvalue weighted by Gasteiger charge is -2.20. The molecule has 1 atom stereocenters. The molecule has 130 valence electrons. The van der Waals surface area contributed by atoms with Gasteiger partial charge in [-0.1, -0.05) is 44.5 Å². The molecule has 1 rings (SSSR count). The van der Waals surface area contributed by atoms with Gasteiger partial charge in [-0.05, 0) is 50.8 Å². The van der Waals surface area contributed by atoms with Crippen LogP contribution >= 0.6 is 0 Å². The maximum atomic E-state index is 11.8. The summed E-state index contributed by atoms with van der Waals surface area (Å²) in [6, 6.07) is 8.17. The van der Waals surface area contributed by atoms with E-state index in [0.29, 0.717) is 12.5 Å². The average molecular weight is 320 g/mol. The second-order valence-corrected chi connectivity index (χ2v) is 7.15. The molecular weight excluding hydrogens is 288 g/mol. The van der Waals surface area contributed by atoms with Crippen LogP contribution in [0.3, 0.4) is 0 Å². The quantitative estimate of drug-likeness (QED) is 0.753. The molecule has 4 heteroatoms. The van der Waals surface area contributed by atoms with Crippen molar-refractivity contribution >= 4 is 6.09 Å². The SMILES string of the molecule is CCCC(C)CNCc1ccccc1CNC(=O)OC(C)(C)C. The summed E-state index contributed by atoms with van der Waals surface area (Å²) in [5.41, 5.74) is 1.86. The third-order valence-electron chi connectivity index (χ3n) is 3.53. The van der Waals surface area contributed by atoms with Crippen LogP contribution in [0.2, 0.25) is 0 Å². The Bertz CT molecular complexity index is 481. The van der Waals surface area contributed by atoms with Gasteiger partial charge in [0.2, 0.25) is 0 Å². The number of rotatable bonds is 8. The molecule has 0 heterocycles. The highest BCUT2D eigenvalue weighted by molar-refractivity contribution is 5.67. The first-order chi connectivity index (χ1) is 10.8. The van der Waals surface area contributed by atoms with Crippen molar-refractivity contribution in [1.82, 2.24) is 10.6 Å². The maximum absolute atomic E-state index is 11.8. The fourth-order valence-corrected chi connectivity index (χ4v) is 2.43. The predicted molar refractivity (Wildman–Crippen MR) is 95.3 cm³/mol. The molecule has 0 aliphatic carbocycles. The topological polar surface area (TPSA) is 50.4 Å². The molecule has 1 aromatic carbocycles. The predicted octanol–water partition coefficient (Wildman–Crippen LogP) is 4.24. The third-order valence-corrected chi connectivity index (χ3v) is 3.53. The molecule has 0 bridgehead atoms. The summed E-state index contributed by atoms with van der Waals surface area (Å²) in [7, 11) is 0. The molecule has 2 N–H and O–H groups in total. The molecule has 4 nitrogen and oxygen atoms in total. The molecule has 23 heavy (non-hydrogen) atoms. The smallest absolute Gasteiger partial charge is 0.407 e. The van der Waals surface area contributed by atoms with Crippen LogP contribution in [0, 0.1) is 5.92 Å². The monoisotopic (exact) mass is 320 g/mol. The number of carbonyl (C=O) groups is 1. The number of ether oxygens (including phenoxy) is 1. The van der Waals surface area contributed by atoms with Gasteiger partial charge in [0.05, 0.1) is 0 Å². The minimum Gasteiger partial charge on any atom is -0.444 e. The number of nitrogens with one attached hydrogen (secondary N) is 2. The highest BCUT2D eigenvalue weighted by Crippen LogP contribution is 2.11. The summed E-state index contributed by atoms with van der Waals surface area (Å²) in [6.07, 6.45) is 2.09. The van der Waals surface area contributed by atoms with Gasteiger partial charge < -0.3 is 15.4 Å². The van der Waals surface area contributed by atoms with Crippen LogP contribution in [-0.4, -0.2) is 18.2 Å². The molecule has 1 unspecified atom stereocenters. The van der Waals surface area contributed by atoms with Crippen LogP contribution in [0.15, 0.2) is 24.3 Å². The van der Waals surface area contributed by atoms with Gasteiger partial charge in [0.25, 0.3) is 0 Å². The van der Waals surface area contributed by atoms with Crippen LogP contribution in [0.1, 0.15) is 58.6 Å². The van der Waals surface area contributed by atoms with Crippen molar-refractivity contribution in [1.29, 1.82) is 0 Å². The summed E-state index contributed by atoms with van der Waals surface area (Å²) in [6.45, 7) is 12.4. The van der Waals surface area contributed by atoms with Gasteiger partial charge in [0.15, 0.2) is 0 Å². The van der Waals surface area contributed by atoms with Gasteiger partial charge in [-0.15, -0.1) is 0 Å². The molecule has 0 radical (unpaired) electrons. The van der Waals surface area contributed by atoms with E-state index in [9.17, 15) is 4.79 Å². The van der Waals surface area contributed by atoms with Crippen molar-refractivity contribution in [2.75, 3.05) is 6.54 Å². The lowest BCUT2D eigenvalue weighted by atomic mass is 10.1. The number of benzene rings is 1. The number of carbonyl (C=O) groups excluding carboxylic acids is 1. The second kappa shape index (κ2) is 9.56. The minimum atomic E-state index is -0.472. The van der Waals surface area contributed by atoms with E-state index >= 15 is 0 Å². The highest BCUT2D eigenvalue weighted by atomic mass is 16.6. The van der Waals surface area contributed by atoms with Gasteiger partial charge >= 0.3 is 6.09 Å². The van der Waals surface area contributed by atoms with E-state index in [-0.39, 0.29) is 6.09 Å². The van der Waals surface area contributed by atoms with Crippen LogP contribution in [0.25, 0.3) is 0 Å². The van der Waals surface area contributed by atoms with E-state index in [2.05, 4.69) is 30.5 Å². The Kier molecular flexibility index (Phi) is 8.10. The van der Waals surface area contributed by atoms with E-state index in [0.717, 1.165) is 18.7 Å². The number of alkyl carbamates (subject to hydrolysis) is 1. The lowest BCUT2D eigenvalue weighted by Crippen LogP contribution is -2.32. The van der Waals surface area contributed by atoms with Crippen molar-refractivity contribution in [3.05, 3.63) is 35.4 Å². The van der Waals surface area contributed by atoms with Gasteiger partial charge in [-0.25, -0.2) is 4.79 Å². The van der Waals surface area contributed by atoms with Crippen molar-refractivity contribution in [2.45, 2.75) is 66.2 Å². The summed E-state index contributed by atoms with van der Waals surface area (Å²) in [4.78, 5) is 11.8. The first-order valence-corrected chi connectivity index (χ1v) is 8.56. The van der Waals surface area contributed by atoms with Crippen LogP contribution < -0.4 is 10.6 Å². The highest BCUT2D eigenvalue weighted by Gasteiger charge is 2.16. The fourth-order valence-electron chi connectivity index (χ4n) is 2.43. The Morgan fingerprint density at radius 1 is 1.17 bits per heavy atom. The van der Waals surface area contributed by atoms with Crippen LogP contribution in [0.5, 0.6) is 0 Å². The fraction of sp³-hybridized carbons (Fsp3) is 0.632. The Morgan fingerprint density at radius 3 is 2.35 bits per heavy atom. The molecule has 0 saturated carbocycles. The van der Waals surface area contributed by atoms with Crippen LogP contribution in [-0.2, 0) is 17.8 Å². The van der Waals surface area contributed by atoms with E-state index in [1.54, 1.807) is 0 Å². The van der Waals surface area contributed by atoms with Crippen molar-refractivity contribution < 1.29 is 9.53 Å². The van der Waals surface area contributed by atoms with E-state index in [1.165, 1.54) is 18.4 Å². The van der Waals surface area contributed by atoms with Crippen molar-refractivity contribution in [2.24, 2.45) is 5.92 Å². The second-order valence-electron chi connectivity index (χ2n) is 7.15. The standard InChI is InChI=1S/C19H32N2O2/c1-6-9-15(2)12-20-13-16-10-7-8-11-17(16)14-21-18(22)23-19(3,4)5/h7-8,10-11,15,20H,6,9,12-14H2,1-5H3,(H,21,22). The minimum absolute atomic E-state index is 0.378. The first-order valence-electron chi connectivity index (χ1n) is 8.56. The van der Waals surface area contributed by atoms with Gasteiger partial charge in [0.1, 0.15) is 5.60 Å². The van der Waals surface area contributed by atoms with E-state index < -0.39 is 5.60 Å². The number of hydrogen-bond acceptors (Lipinski definition) is 3. The Labute approximate surface area is 141 Å². The normalized spacial score (nSPS) is 12.7. The van der Waals surface area contributed by atoms with Gasteiger partial charge in [-0.3, -0.25) is 0 Å². The molecule has 0 spiro atoms. The summed E-state index contributed by atoms with van der Waals surface area (Å²) in [5.74, 6) is 0.687. The first kappa shape index (κ1) is 19.5. The Balaban J connectivity index is 2.49. The zero-order chi connectivity index (χ0) is 17.3. The molecule has 0 saturated heterocycles. The Morgan fingerprint density at radius 2 is 1.78 bits per heavy atom. The van der Waals surface area contributed by atoms with Gasteiger partial charge in [0, 0.05) is 13.1 Å². The molecule has 0 aliphatic heterocycles. The molecule has 0 aromatic heterocycles. The van der Waals surface area contributed by atoms with Crippen molar-refractivity contribution in [3.63, 3.8) is 0 Å². The molecule has 0 fully saturated rings. The summed E-state index contributed by atoms with van der Waals surface area (Å²) < 4.78 is 5.27. The lowest BCUT2D eigenvalue weighted by molar-refractivity contribution is 0.0523. The van der Waals surface area contributed by atoms with Gasteiger partial charge in [-0.2, -0.15) is 0 Å². The zero-order valence-corrected chi connectivity index (χ0v) is 15.2. The molecule has 0 aliphatic rings. The molecular formula is C19H32N2O2. The maximum Gasteiger partial charge on any atom is 0.407 e. The molecule has 1 amide bonds. The number of amides is 1. The van der Waals surface area contributed by atoms with E-state index in [1.807, 2.05) is 39.0 Å². The zero-order valence-electron chi connectivity index (χ0n) is 15.2. The van der Waals surface area contributed by atoms with E-state index in [4.69, 9.17) is 4.74 Å². The summed E-state index contributed by atoms with van der Waals surface area (Å²) in [5, 5.41) is 6.34. The molecule has 1 aromatic rings. The van der Waals surface area contributed by atoms with Crippen LogP contribution in [0.4, 0.5) is 4.79 Å². The largest absolute Gasteiger partial charge is 0.444 e. The van der Waals surface area contributed by atoms with Crippen molar-refractivity contribution in [3.8, 4) is 0 Å². The third kappa shape index (κ3) is 8.60. The summed E-state index contributed by atoms with van der Waals surface area (Å²) >= 11 is 0. The number of hydrogen-bond donors (Lipinski definition) is 2. The Hall–Kier alpha value is -1.55.